The lowest BCUT2D eigenvalue weighted by molar-refractivity contribution is -0.131. The zero-order chi connectivity index (χ0) is 14.4. The minimum Gasteiger partial charge on any atom is -0.441 e. The minimum atomic E-state index is -0.470. The Morgan fingerprint density at radius 1 is 1.16 bits per heavy atom. The van der Waals surface area contributed by atoms with Crippen LogP contribution in [0.2, 0.25) is 0 Å². The van der Waals surface area contributed by atoms with Crippen LogP contribution < -0.4 is 10.1 Å². The summed E-state index contributed by atoms with van der Waals surface area (Å²) < 4.78 is 10.3. The van der Waals surface area contributed by atoms with Crippen molar-refractivity contribution in [3.63, 3.8) is 0 Å². The second kappa shape index (κ2) is 6.78. The third-order valence-electron chi connectivity index (χ3n) is 2.51. The summed E-state index contributed by atoms with van der Waals surface area (Å²) in [6, 6.07) is 6.93. The predicted octanol–water partition coefficient (Wildman–Crippen LogP) is 2.67. The highest BCUT2D eigenvalue weighted by atomic mass is 16.6. The lowest BCUT2D eigenvalue weighted by atomic mass is 9.99. The minimum absolute atomic E-state index is 0.136. The molecule has 0 aliphatic heterocycles. The maximum atomic E-state index is 11.3. The molecule has 5 heteroatoms. The maximum absolute atomic E-state index is 11.3. The molecule has 1 unspecified atom stereocenters. The third-order valence-corrected chi connectivity index (χ3v) is 2.51. The molecule has 1 atom stereocenters. The lowest BCUT2D eigenvalue weighted by Gasteiger charge is -2.21. The summed E-state index contributed by atoms with van der Waals surface area (Å²) in [5, 5.41) is 2.43. The van der Waals surface area contributed by atoms with Crippen molar-refractivity contribution in [3.8, 4) is 5.75 Å². The Kier molecular flexibility index (Phi) is 5.36. The molecule has 0 saturated heterocycles. The smallest absolute Gasteiger partial charge is 0.407 e. The fraction of sp³-hybridized carbons (Fsp3) is 0.429. The van der Waals surface area contributed by atoms with Gasteiger partial charge < -0.3 is 14.8 Å². The number of hydrogen-bond donors (Lipinski definition) is 1. The van der Waals surface area contributed by atoms with Gasteiger partial charge in [-0.3, -0.25) is 4.79 Å². The number of carbonyl (C=O) groups excluding carboxylic acids is 2. The first-order valence-electron chi connectivity index (χ1n) is 6.10. The molecule has 1 aromatic rings. The van der Waals surface area contributed by atoms with E-state index in [4.69, 9.17) is 9.47 Å². The molecule has 0 radical (unpaired) electrons. The number of amides is 1. The van der Waals surface area contributed by atoms with E-state index in [0.29, 0.717) is 5.75 Å². The lowest BCUT2D eigenvalue weighted by Crippen LogP contribution is -2.24. The van der Waals surface area contributed by atoms with E-state index in [1.165, 1.54) is 14.0 Å². The van der Waals surface area contributed by atoms with Gasteiger partial charge in [-0.1, -0.05) is 26.0 Å². The second-order valence-corrected chi connectivity index (χ2v) is 4.48. The summed E-state index contributed by atoms with van der Waals surface area (Å²) in [6.07, 6.45) is -0.811. The molecule has 1 N–H and O–H groups in total. The molecule has 19 heavy (non-hydrogen) atoms. The van der Waals surface area contributed by atoms with Crippen LogP contribution in [0.4, 0.5) is 4.79 Å². The van der Waals surface area contributed by atoms with Crippen LogP contribution in [0.15, 0.2) is 24.3 Å². The van der Waals surface area contributed by atoms with Crippen molar-refractivity contribution in [2.75, 3.05) is 7.05 Å². The van der Waals surface area contributed by atoms with Gasteiger partial charge in [0.2, 0.25) is 0 Å². The maximum Gasteiger partial charge on any atom is 0.407 e. The average Bonchev–Trinajstić information content (AvgIpc) is 2.35. The van der Waals surface area contributed by atoms with Gasteiger partial charge in [0.15, 0.2) is 0 Å². The Hall–Kier alpha value is -2.04. The Balaban J connectivity index is 2.85. The molecule has 1 aromatic carbocycles. The number of rotatable bonds is 4. The van der Waals surface area contributed by atoms with Gasteiger partial charge in [0.05, 0.1) is 0 Å². The van der Waals surface area contributed by atoms with Gasteiger partial charge in [-0.25, -0.2) is 4.79 Å². The van der Waals surface area contributed by atoms with Crippen molar-refractivity contribution in [2.24, 2.45) is 5.92 Å². The summed E-state index contributed by atoms with van der Waals surface area (Å²) in [5.41, 5.74) is 0.856. The van der Waals surface area contributed by atoms with Crippen LogP contribution in [0.5, 0.6) is 5.75 Å². The monoisotopic (exact) mass is 265 g/mol. The normalized spacial score (nSPS) is 11.8. The van der Waals surface area contributed by atoms with E-state index >= 15 is 0 Å². The fourth-order valence-electron chi connectivity index (χ4n) is 1.65. The van der Waals surface area contributed by atoms with Crippen molar-refractivity contribution in [1.82, 2.24) is 5.32 Å². The van der Waals surface area contributed by atoms with Crippen LogP contribution in [0, 0.1) is 5.92 Å². The highest BCUT2D eigenvalue weighted by molar-refractivity contribution is 5.69. The number of hydrogen-bond acceptors (Lipinski definition) is 4. The fourth-order valence-corrected chi connectivity index (χ4v) is 1.65. The molecular weight excluding hydrogens is 246 g/mol. The molecular formula is C14H19NO4. The number of alkyl carbamates (subject to hydrolysis) is 1. The highest BCUT2D eigenvalue weighted by Gasteiger charge is 2.20. The first kappa shape index (κ1) is 15.0. The number of carbonyl (C=O) groups is 2. The Bertz CT molecular complexity index is 439. The molecule has 1 amide bonds. The molecule has 0 aromatic heterocycles. The van der Waals surface area contributed by atoms with E-state index in [0.717, 1.165) is 5.56 Å². The molecule has 0 heterocycles. The number of benzene rings is 1. The topological polar surface area (TPSA) is 64.6 Å². The quantitative estimate of drug-likeness (QED) is 0.671. The summed E-state index contributed by atoms with van der Waals surface area (Å²) in [5.74, 6) is 0.241. The average molecular weight is 265 g/mol. The van der Waals surface area contributed by atoms with Gasteiger partial charge in [0.25, 0.3) is 0 Å². The van der Waals surface area contributed by atoms with Crippen molar-refractivity contribution >= 4 is 12.1 Å². The molecule has 5 nitrogen and oxygen atoms in total. The van der Waals surface area contributed by atoms with E-state index in [2.05, 4.69) is 5.32 Å². The van der Waals surface area contributed by atoms with Gasteiger partial charge in [-0.2, -0.15) is 0 Å². The molecule has 0 bridgehead atoms. The molecule has 0 fully saturated rings. The molecule has 0 saturated carbocycles. The van der Waals surface area contributed by atoms with Crippen LogP contribution in [0.3, 0.4) is 0 Å². The largest absolute Gasteiger partial charge is 0.441 e. The number of nitrogens with one attached hydrogen (secondary N) is 1. The van der Waals surface area contributed by atoms with Crippen LogP contribution in [-0.4, -0.2) is 19.1 Å². The molecule has 0 spiro atoms. The summed E-state index contributed by atoms with van der Waals surface area (Å²) in [4.78, 5) is 22.1. The molecule has 0 aliphatic rings. The highest BCUT2D eigenvalue weighted by Crippen LogP contribution is 2.27. The second-order valence-electron chi connectivity index (χ2n) is 4.48. The van der Waals surface area contributed by atoms with Crippen LogP contribution >= 0.6 is 0 Å². The van der Waals surface area contributed by atoms with Gasteiger partial charge in [0.1, 0.15) is 11.9 Å². The first-order valence-corrected chi connectivity index (χ1v) is 6.10. The standard InChI is InChI=1S/C14H19NO4/c1-9(2)13(19-14(17)15-4)11-5-7-12(8-6-11)18-10(3)16/h5-9,13H,1-4H3,(H,15,17). The van der Waals surface area contributed by atoms with Crippen molar-refractivity contribution < 1.29 is 19.1 Å². The van der Waals surface area contributed by atoms with E-state index in [-0.39, 0.29) is 18.0 Å². The zero-order valence-corrected chi connectivity index (χ0v) is 11.6. The van der Waals surface area contributed by atoms with Crippen LogP contribution in [0.25, 0.3) is 0 Å². The third kappa shape index (κ3) is 4.62. The Labute approximate surface area is 112 Å². The summed E-state index contributed by atoms with van der Waals surface area (Å²) >= 11 is 0. The summed E-state index contributed by atoms with van der Waals surface area (Å²) in [7, 11) is 1.52. The van der Waals surface area contributed by atoms with Crippen LogP contribution in [-0.2, 0) is 9.53 Å². The van der Waals surface area contributed by atoms with E-state index < -0.39 is 6.09 Å². The number of ether oxygens (including phenoxy) is 2. The molecule has 104 valence electrons. The SMILES string of the molecule is CNC(=O)OC(c1ccc(OC(C)=O)cc1)C(C)C. The molecule has 1 rings (SSSR count). The van der Waals surface area contributed by atoms with Gasteiger partial charge in [-0.05, 0) is 23.6 Å². The summed E-state index contributed by atoms with van der Waals surface area (Å²) in [6.45, 7) is 5.28. The van der Waals surface area contributed by atoms with Gasteiger partial charge in [-0.15, -0.1) is 0 Å². The van der Waals surface area contributed by atoms with E-state index in [9.17, 15) is 9.59 Å². The Morgan fingerprint density at radius 3 is 2.16 bits per heavy atom. The Morgan fingerprint density at radius 2 is 1.74 bits per heavy atom. The van der Waals surface area contributed by atoms with E-state index in [1.807, 2.05) is 13.8 Å². The van der Waals surface area contributed by atoms with Gasteiger partial charge >= 0.3 is 12.1 Å². The van der Waals surface area contributed by atoms with Crippen molar-refractivity contribution in [1.29, 1.82) is 0 Å². The predicted molar refractivity (Wildman–Crippen MR) is 70.9 cm³/mol. The number of esters is 1. The first-order chi connectivity index (χ1) is 8.93. The molecule has 0 aliphatic carbocycles. The van der Waals surface area contributed by atoms with Crippen molar-refractivity contribution in [2.45, 2.75) is 26.9 Å². The zero-order valence-electron chi connectivity index (χ0n) is 11.6. The van der Waals surface area contributed by atoms with Gasteiger partial charge in [0, 0.05) is 14.0 Å². The van der Waals surface area contributed by atoms with Crippen LogP contribution in [0.1, 0.15) is 32.4 Å². The van der Waals surface area contributed by atoms with Crippen molar-refractivity contribution in [3.05, 3.63) is 29.8 Å². The van der Waals surface area contributed by atoms with E-state index in [1.54, 1.807) is 24.3 Å².